The van der Waals surface area contributed by atoms with E-state index in [-0.39, 0.29) is 23.5 Å². The van der Waals surface area contributed by atoms with Gasteiger partial charge in [-0.15, -0.1) is 0 Å². The average molecular weight is 490 g/mol. The van der Waals surface area contributed by atoms with E-state index in [0.717, 1.165) is 57.0 Å². The number of carbonyl (C=O) groups is 2. The molecule has 1 unspecified atom stereocenters. The zero-order valence-corrected chi connectivity index (χ0v) is 21.7. The summed E-state index contributed by atoms with van der Waals surface area (Å²) in [5.74, 6) is 0.474. The minimum absolute atomic E-state index is 0.0374. The van der Waals surface area contributed by atoms with Crippen LogP contribution in [0.15, 0.2) is 72.9 Å². The number of nitrogens with zero attached hydrogens (tertiary/aromatic N) is 2. The fraction of sp³-hybridized carbons (Fsp3) is 0.250. The van der Waals surface area contributed by atoms with E-state index in [9.17, 15) is 9.59 Å². The third kappa shape index (κ3) is 5.08. The van der Waals surface area contributed by atoms with Crippen molar-refractivity contribution in [1.29, 1.82) is 0 Å². The summed E-state index contributed by atoms with van der Waals surface area (Å²) < 4.78 is 0. The minimum atomic E-state index is 0.0374. The van der Waals surface area contributed by atoms with E-state index < -0.39 is 0 Å². The first-order chi connectivity index (χ1) is 17.8. The molecule has 0 fully saturated rings. The Kier molecular flexibility index (Phi) is 6.70. The number of aromatic nitrogens is 2. The van der Waals surface area contributed by atoms with Gasteiger partial charge in [0, 0.05) is 40.2 Å². The van der Waals surface area contributed by atoms with Crippen LogP contribution in [0, 0.1) is 0 Å². The van der Waals surface area contributed by atoms with Crippen LogP contribution >= 0.6 is 0 Å². The molecule has 186 valence electrons. The number of anilines is 1. The Balaban J connectivity index is 1.45. The quantitative estimate of drug-likeness (QED) is 0.284. The van der Waals surface area contributed by atoms with Gasteiger partial charge in [-0.3, -0.25) is 19.6 Å². The molecule has 5 nitrogen and oxygen atoms in total. The molecule has 2 aromatic carbocycles. The molecule has 0 saturated carbocycles. The number of ketones is 1. The summed E-state index contributed by atoms with van der Waals surface area (Å²) >= 11 is 0. The molecule has 1 N–H and O–H groups in total. The smallest absolute Gasteiger partial charge is 0.228 e. The summed E-state index contributed by atoms with van der Waals surface area (Å²) in [5.41, 5.74) is 9.93. The third-order valence-corrected chi connectivity index (χ3v) is 6.97. The van der Waals surface area contributed by atoms with Gasteiger partial charge in [0.15, 0.2) is 5.78 Å². The highest BCUT2D eigenvalue weighted by molar-refractivity contribution is 5.99. The molecule has 3 heterocycles. The van der Waals surface area contributed by atoms with Gasteiger partial charge in [-0.25, -0.2) is 0 Å². The number of Topliss-reactive ketones (excluding diaryl/α,β-unsaturated/α-hetero) is 1. The van der Waals surface area contributed by atoms with Gasteiger partial charge in [0.25, 0.3) is 0 Å². The van der Waals surface area contributed by atoms with Gasteiger partial charge >= 0.3 is 0 Å². The SMILES string of the molecule is CC(=O)c1cccc(-c2ccc(CC(C)c3ncccc3-c3ccc4c(c3)CC(=O)N4)nc2C(C)C)c1. The standard InChI is InChI=1S/C32H31N3O2/c1-19(2)31-28(23-8-5-7-22(16-23)21(4)36)12-11-26(34-31)15-20(3)32-27(9-6-14-33-32)24-10-13-29-25(17-24)18-30(37)35-29/h5-14,16-17,19-20H,15,18H2,1-4H3,(H,35,37). The first kappa shape index (κ1) is 24.6. The number of fused-ring (bicyclic) bond motifs is 1. The molecular weight excluding hydrogens is 458 g/mol. The van der Waals surface area contributed by atoms with Crippen molar-refractivity contribution in [2.45, 2.75) is 52.4 Å². The molecule has 5 rings (SSSR count). The summed E-state index contributed by atoms with van der Waals surface area (Å²) in [6.45, 7) is 8.08. The zero-order valence-electron chi connectivity index (χ0n) is 21.7. The van der Waals surface area contributed by atoms with Crippen LogP contribution in [0.5, 0.6) is 0 Å². The second-order valence-corrected chi connectivity index (χ2v) is 10.2. The Morgan fingerprint density at radius 3 is 2.49 bits per heavy atom. The number of hydrogen-bond donors (Lipinski definition) is 1. The number of hydrogen-bond acceptors (Lipinski definition) is 4. The van der Waals surface area contributed by atoms with Crippen LogP contribution < -0.4 is 5.32 Å². The van der Waals surface area contributed by atoms with E-state index in [1.54, 1.807) is 6.92 Å². The fourth-order valence-corrected chi connectivity index (χ4v) is 5.08. The highest BCUT2D eigenvalue weighted by atomic mass is 16.1. The molecule has 0 saturated heterocycles. The maximum absolute atomic E-state index is 11.9. The summed E-state index contributed by atoms with van der Waals surface area (Å²) in [6.07, 6.45) is 3.01. The van der Waals surface area contributed by atoms with Crippen molar-refractivity contribution in [2.24, 2.45) is 0 Å². The average Bonchev–Trinajstić information content (AvgIpc) is 3.27. The van der Waals surface area contributed by atoms with Crippen LogP contribution in [0.25, 0.3) is 22.3 Å². The Bertz CT molecular complexity index is 1510. The lowest BCUT2D eigenvalue weighted by Gasteiger charge is -2.18. The van der Waals surface area contributed by atoms with E-state index in [4.69, 9.17) is 9.97 Å². The molecule has 0 aliphatic carbocycles. The number of nitrogens with one attached hydrogen (secondary N) is 1. The number of amides is 1. The molecule has 1 atom stereocenters. The minimum Gasteiger partial charge on any atom is -0.326 e. The van der Waals surface area contributed by atoms with Gasteiger partial charge in [0.2, 0.25) is 5.91 Å². The lowest BCUT2D eigenvalue weighted by Crippen LogP contribution is -2.07. The Morgan fingerprint density at radius 2 is 1.70 bits per heavy atom. The monoisotopic (exact) mass is 489 g/mol. The number of carbonyl (C=O) groups excluding carboxylic acids is 2. The molecule has 1 amide bonds. The highest BCUT2D eigenvalue weighted by Gasteiger charge is 2.21. The molecule has 2 aromatic heterocycles. The molecular formula is C32H31N3O2. The van der Waals surface area contributed by atoms with E-state index in [2.05, 4.69) is 56.4 Å². The normalized spacial score (nSPS) is 13.4. The van der Waals surface area contributed by atoms with Crippen LogP contribution in [0.4, 0.5) is 5.69 Å². The van der Waals surface area contributed by atoms with Crippen molar-refractivity contribution in [2.75, 3.05) is 5.32 Å². The first-order valence-electron chi connectivity index (χ1n) is 12.8. The molecule has 0 bridgehead atoms. The van der Waals surface area contributed by atoms with Crippen molar-refractivity contribution in [1.82, 2.24) is 9.97 Å². The molecule has 0 radical (unpaired) electrons. The Hall–Kier alpha value is -4.12. The van der Waals surface area contributed by atoms with E-state index in [1.807, 2.05) is 42.6 Å². The largest absolute Gasteiger partial charge is 0.326 e. The predicted molar refractivity (Wildman–Crippen MR) is 148 cm³/mol. The van der Waals surface area contributed by atoms with E-state index in [1.165, 1.54) is 0 Å². The lowest BCUT2D eigenvalue weighted by molar-refractivity contribution is -0.115. The van der Waals surface area contributed by atoms with Gasteiger partial charge in [0.1, 0.15) is 0 Å². The predicted octanol–water partition coefficient (Wildman–Crippen LogP) is 6.98. The summed E-state index contributed by atoms with van der Waals surface area (Å²) in [7, 11) is 0. The Labute approximate surface area is 218 Å². The number of benzene rings is 2. The summed E-state index contributed by atoms with van der Waals surface area (Å²) in [5, 5.41) is 2.91. The fourth-order valence-electron chi connectivity index (χ4n) is 5.08. The van der Waals surface area contributed by atoms with Crippen LogP contribution in [-0.4, -0.2) is 21.7 Å². The van der Waals surface area contributed by atoms with Gasteiger partial charge in [0.05, 0.1) is 17.8 Å². The molecule has 37 heavy (non-hydrogen) atoms. The molecule has 4 aromatic rings. The molecule has 1 aliphatic heterocycles. The second kappa shape index (κ2) is 10.1. The number of pyridine rings is 2. The van der Waals surface area contributed by atoms with Crippen LogP contribution in [0.3, 0.4) is 0 Å². The maximum Gasteiger partial charge on any atom is 0.228 e. The van der Waals surface area contributed by atoms with Gasteiger partial charge in [-0.1, -0.05) is 57.2 Å². The Morgan fingerprint density at radius 1 is 0.919 bits per heavy atom. The van der Waals surface area contributed by atoms with Crippen molar-refractivity contribution < 1.29 is 9.59 Å². The van der Waals surface area contributed by atoms with E-state index >= 15 is 0 Å². The lowest BCUT2D eigenvalue weighted by atomic mass is 9.91. The summed E-state index contributed by atoms with van der Waals surface area (Å²) in [4.78, 5) is 33.6. The van der Waals surface area contributed by atoms with Crippen molar-refractivity contribution in [3.05, 3.63) is 101 Å². The molecule has 0 spiro atoms. The van der Waals surface area contributed by atoms with Crippen molar-refractivity contribution in [3.8, 4) is 22.3 Å². The van der Waals surface area contributed by atoms with Gasteiger partial charge < -0.3 is 5.32 Å². The van der Waals surface area contributed by atoms with E-state index in [0.29, 0.717) is 12.0 Å². The van der Waals surface area contributed by atoms with Crippen LogP contribution in [0.1, 0.15) is 72.5 Å². The molecule has 5 heteroatoms. The maximum atomic E-state index is 11.9. The van der Waals surface area contributed by atoms with Crippen LogP contribution in [0.2, 0.25) is 0 Å². The van der Waals surface area contributed by atoms with Gasteiger partial charge in [-0.2, -0.15) is 0 Å². The van der Waals surface area contributed by atoms with Crippen molar-refractivity contribution in [3.63, 3.8) is 0 Å². The third-order valence-electron chi connectivity index (χ3n) is 6.97. The molecule has 1 aliphatic rings. The van der Waals surface area contributed by atoms with Gasteiger partial charge in [-0.05, 0) is 66.3 Å². The second-order valence-electron chi connectivity index (χ2n) is 10.2. The number of rotatable bonds is 7. The van der Waals surface area contributed by atoms with Crippen LogP contribution in [-0.2, 0) is 17.6 Å². The van der Waals surface area contributed by atoms with Crippen molar-refractivity contribution >= 4 is 17.4 Å². The first-order valence-corrected chi connectivity index (χ1v) is 12.8. The summed E-state index contributed by atoms with van der Waals surface area (Å²) in [6, 6.07) is 22.2. The zero-order chi connectivity index (χ0) is 26.1. The highest BCUT2D eigenvalue weighted by Crippen LogP contribution is 2.34. The topological polar surface area (TPSA) is 72.0 Å².